The molecule has 3 heterocycles. The van der Waals surface area contributed by atoms with Crippen molar-refractivity contribution in [1.82, 2.24) is 29.2 Å². The number of nitrogens with zero attached hydrogens (tertiary/aromatic N) is 6. The minimum atomic E-state index is -0.398. The second kappa shape index (κ2) is 7.03. The van der Waals surface area contributed by atoms with Crippen LogP contribution in [0.15, 0.2) is 41.2 Å². The number of benzene rings is 1. The molecule has 1 aliphatic heterocycles. The highest BCUT2D eigenvalue weighted by Gasteiger charge is 2.31. The summed E-state index contributed by atoms with van der Waals surface area (Å²) in [5, 5.41) is 4.59. The second-order valence-electron chi connectivity index (χ2n) is 7.05. The van der Waals surface area contributed by atoms with Crippen molar-refractivity contribution in [2.24, 2.45) is 0 Å². The van der Waals surface area contributed by atoms with Crippen LogP contribution < -0.4 is 5.69 Å². The van der Waals surface area contributed by atoms with Crippen LogP contribution in [0.2, 0.25) is 0 Å². The normalized spacial score (nSPS) is 16.1. The number of fused-ring (bicyclic) bond motifs is 1. The second-order valence-corrected chi connectivity index (χ2v) is 7.05. The fourth-order valence-electron chi connectivity index (χ4n) is 3.61. The molecule has 28 heavy (non-hydrogen) atoms. The Morgan fingerprint density at radius 1 is 1.14 bits per heavy atom. The zero-order chi connectivity index (χ0) is 19.8. The molecule has 1 aliphatic rings. The summed E-state index contributed by atoms with van der Waals surface area (Å²) in [6.07, 6.45) is 0. The minimum Gasteiger partial charge on any atom is -0.329 e. The highest BCUT2D eigenvalue weighted by atomic mass is 16.2. The van der Waals surface area contributed by atoms with Crippen molar-refractivity contribution in [2.75, 3.05) is 6.54 Å². The Morgan fingerprint density at radius 2 is 1.89 bits per heavy atom. The summed E-state index contributed by atoms with van der Waals surface area (Å²) in [6.45, 7) is 6.59. The van der Waals surface area contributed by atoms with E-state index in [9.17, 15) is 9.59 Å². The van der Waals surface area contributed by atoms with Crippen LogP contribution in [0.1, 0.15) is 30.2 Å². The Bertz CT molecular complexity index is 1090. The maximum atomic E-state index is 12.9. The van der Waals surface area contributed by atoms with Crippen molar-refractivity contribution >= 4 is 5.91 Å². The summed E-state index contributed by atoms with van der Waals surface area (Å²) in [5.74, 6) is 1.29. The summed E-state index contributed by atoms with van der Waals surface area (Å²) in [4.78, 5) is 35.5. The average molecular weight is 378 g/mol. The van der Waals surface area contributed by atoms with E-state index in [1.807, 2.05) is 48.9 Å². The molecule has 0 fully saturated rings. The third kappa shape index (κ3) is 3.21. The van der Waals surface area contributed by atoms with E-state index in [4.69, 9.17) is 0 Å². The molecule has 1 aromatic carbocycles. The first-order valence-electron chi connectivity index (χ1n) is 9.29. The topological polar surface area (TPSA) is 85.9 Å². The van der Waals surface area contributed by atoms with E-state index in [1.165, 1.54) is 4.57 Å². The third-order valence-corrected chi connectivity index (χ3v) is 5.09. The Morgan fingerprint density at radius 3 is 2.61 bits per heavy atom. The van der Waals surface area contributed by atoms with Crippen molar-refractivity contribution in [2.45, 2.75) is 39.9 Å². The van der Waals surface area contributed by atoms with Crippen molar-refractivity contribution in [3.05, 3.63) is 64.1 Å². The van der Waals surface area contributed by atoms with E-state index >= 15 is 0 Å². The highest BCUT2D eigenvalue weighted by molar-refractivity contribution is 5.76. The molecule has 8 heteroatoms. The first-order chi connectivity index (χ1) is 13.4. The van der Waals surface area contributed by atoms with Crippen LogP contribution in [-0.2, 0) is 17.9 Å². The molecule has 8 nitrogen and oxygen atoms in total. The van der Waals surface area contributed by atoms with Gasteiger partial charge in [-0.3, -0.25) is 9.36 Å². The fraction of sp³-hybridized carbons (Fsp3) is 0.350. The quantitative estimate of drug-likeness (QED) is 0.693. The van der Waals surface area contributed by atoms with Gasteiger partial charge in [-0.25, -0.2) is 14.5 Å². The summed E-state index contributed by atoms with van der Waals surface area (Å²) in [6, 6.07) is 11.4. The van der Waals surface area contributed by atoms with E-state index in [2.05, 4.69) is 15.1 Å². The van der Waals surface area contributed by atoms with E-state index in [0.29, 0.717) is 24.6 Å². The zero-order valence-corrected chi connectivity index (χ0v) is 16.2. The number of aromatic nitrogens is 5. The zero-order valence-electron chi connectivity index (χ0n) is 16.2. The van der Waals surface area contributed by atoms with Gasteiger partial charge in [-0.05, 0) is 26.8 Å². The van der Waals surface area contributed by atoms with E-state index in [0.717, 1.165) is 17.1 Å². The van der Waals surface area contributed by atoms with E-state index in [-0.39, 0.29) is 18.5 Å². The molecule has 1 atom stereocenters. The number of carbonyl (C=O) groups is 1. The van der Waals surface area contributed by atoms with Gasteiger partial charge in [0.2, 0.25) is 5.91 Å². The van der Waals surface area contributed by atoms with Gasteiger partial charge in [0, 0.05) is 23.5 Å². The number of carbonyl (C=O) groups excluding carboxylic acids is 1. The van der Waals surface area contributed by atoms with Crippen LogP contribution in [0.3, 0.4) is 0 Å². The molecule has 3 aromatic rings. The van der Waals surface area contributed by atoms with Crippen LogP contribution in [0.25, 0.3) is 11.4 Å². The predicted octanol–water partition coefficient (Wildman–Crippen LogP) is 1.72. The third-order valence-electron chi connectivity index (χ3n) is 5.09. The fourth-order valence-corrected chi connectivity index (χ4v) is 3.61. The average Bonchev–Trinajstić information content (AvgIpc) is 3.11. The van der Waals surface area contributed by atoms with Gasteiger partial charge in [0.1, 0.15) is 12.4 Å². The lowest BCUT2D eigenvalue weighted by Crippen LogP contribution is -2.44. The molecule has 1 amide bonds. The van der Waals surface area contributed by atoms with Gasteiger partial charge in [0.05, 0.1) is 12.6 Å². The molecule has 0 bridgehead atoms. The van der Waals surface area contributed by atoms with Crippen molar-refractivity contribution in [3.8, 4) is 11.4 Å². The van der Waals surface area contributed by atoms with Gasteiger partial charge in [-0.1, -0.05) is 30.3 Å². The van der Waals surface area contributed by atoms with Crippen LogP contribution in [-0.4, -0.2) is 41.7 Å². The Balaban J connectivity index is 1.58. The van der Waals surface area contributed by atoms with E-state index < -0.39 is 5.69 Å². The Hall–Kier alpha value is -3.29. The smallest absolute Gasteiger partial charge is 0.329 e. The van der Waals surface area contributed by atoms with Crippen molar-refractivity contribution < 1.29 is 4.79 Å². The summed E-state index contributed by atoms with van der Waals surface area (Å²) < 4.78 is 3.28. The number of amides is 1. The summed E-state index contributed by atoms with van der Waals surface area (Å²) >= 11 is 0. The standard InChI is InChI=1S/C20H22N6O2/c1-13-11-14(2)25(20(28)21-13)12-17(27)24-9-10-26-19(15(24)3)22-18(23-26)16-7-5-4-6-8-16/h4-8,11,15H,9-10,12H2,1-3H3/t15-/m0/s1. The Kier molecular flexibility index (Phi) is 4.54. The number of aryl methyl sites for hydroxylation is 2. The van der Waals surface area contributed by atoms with Crippen LogP contribution >= 0.6 is 0 Å². The molecular weight excluding hydrogens is 356 g/mol. The molecule has 0 saturated carbocycles. The SMILES string of the molecule is Cc1cc(C)n(CC(=O)N2CCn3nc(-c4ccccc4)nc3[C@@H]2C)c(=O)n1. The summed E-state index contributed by atoms with van der Waals surface area (Å²) in [5.41, 5.74) is 1.93. The predicted molar refractivity (Wildman–Crippen MR) is 104 cm³/mol. The molecule has 0 radical (unpaired) electrons. The van der Waals surface area contributed by atoms with Gasteiger partial charge in [-0.2, -0.15) is 10.1 Å². The molecule has 2 aromatic heterocycles. The molecule has 0 spiro atoms. The molecule has 0 unspecified atom stereocenters. The first kappa shape index (κ1) is 18.1. The lowest BCUT2D eigenvalue weighted by atomic mass is 10.2. The van der Waals surface area contributed by atoms with Crippen LogP contribution in [0.5, 0.6) is 0 Å². The lowest BCUT2D eigenvalue weighted by molar-refractivity contribution is -0.135. The lowest BCUT2D eigenvalue weighted by Gasteiger charge is -2.33. The Labute approximate surface area is 162 Å². The van der Waals surface area contributed by atoms with Gasteiger partial charge in [-0.15, -0.1) is 0 Å². The number of rotatable bonds is 3. The van der Waals surface area contributed by atoms with Crippen LogP contribution in [0, 0.1) is 13.8 Å². The van der Waals surface area contributed by atoms with Gasteiger partial charge in [0.25, 0.3) is 0 Å². The maximum Gasteiger partial charge on any atom is 0.348 e. The van der Waals surface area contributed by atoms with Crippen molar-refractivity contribution in [1.29, 1.82) is 0 Å². The minimum absolute atomic E-state index is 0.0258. The van der Waals surface area contributed by atoms with Gasteiger partial charge >= 0.3 is 5.69 Å². The molecule has 144 valence electrons. The maximum absolute atomic E-state index is 12.9. The molecule has 0 N–H and O–H groups in total. The number of hydrogen-bond acceptors (Lipinski definition) is 5. The van der Waals surface area contributed by atoms with Crippen molar-refractivity contribution in [3.63, 3.8) is 0 Å². The van der Waals surface area contributed by atoms with Gasteiger partial charge < -0.3 is 4.90 Å². The van der Waals surface area contributed by atoms with E-state index in [1.54, 1.807) is 17.9 Å². The monoisotopic (exact) mass is 378 g/mol. The molecule has 0 aliphatic carbocycles. The highest BCUT2D eigenvalue weighted by Crippen LogP contribution is 2.26. The first-order valence-corrected chi connectivity index (χ1v) is 9.29. The largest absolute Gasteiger partial charge is 0.348 e. The molecular formula is C20H22N6O2. The van der Waals surface area contributed by atoms with Crippen LogP contribution in [0.4, 0.5) is 0 Å². The molecule has 0 saturated heterocycles. The summed E-state index contributed by atoms with van der Waals surface area (Å²) in [7, 11) is 0. The molecule has 4 rings (SSSR count). The number of hydrogen-bond donors (Lipinski definition) is 0. The van der Waals surface area contributed by atoms with Gasteiger partial charge in [0.15, 0.2) is 5.82 Å².